The molecule has 2 aromatic rings. The Labute approximate surface area is 174 Å². The lowest BCUT2D eigenvalue weighted by Gasteiger charge is -2.35. The Bertz CT molecular complexity index is 871. The molecule has 0 radical (unpaired) electrons. The maximum atomic E-state index is 13.0. The van der Waals surface area contributed by atoms with Crippen LogP contribution >= 0.6 is 0 Å². The molecule has 1 amide bonds. The van der Waals surface area contributed by atoms with Crippen molar-refractivity contribution in [3.05, 3.63) is 47.3 Å². The summed E-state index contributed by atoms with van der Waals surface area (Å²) in [6.07, 6.45) is -1.85. The van der Waals surface area contributed by atoms with Crippen LogP contribution in [0, 0.1) is 6.92 Å². The fraction of sp³-hybridized carbons (Fsp3) is 0.524. The van der Waals surface area contributed by atoms with E-state index < -0.39 is 11.7 Å². The van der Waals surface area contributed by atoms with Gasteiger partial charge in [0.05, 0.1) is 40.9 Å². The lowest BCUT2D eigenvalue weighted by Crippen LogP contribution is -2.46. The molecule has 3 rings (SSSR count). The van der Waals surface area contributed by atoms with Crippen LogP contribution in [0.4, 0.5) is 13.2 Å². The highest BCUT2D eigenvalue weighted by Crippen LogP contribution is 2.30. The summed E-state index contributed by atoms with van der Waals surface area (Å²) in [5, 5.41) is 6.99. The number of alkyl halides is 3. The molecule has 1 saturated heterocycles. The van der Waals surface area contributed by atoms with E-state index >= 15 is 0 Å². The second-order valence-electron chi connectivity index (χ2n) is 7.73. The van der Waals surface area contributed by atoms with Crippen molar-refractivity contribution < 1.29 is 22.7 Å². The molecule has 1 aromatic carbocycles. The van der Waals surface area contributed by atoms with E-state index in [1.165, 1.54) is 23.0 Å². The molecule has 9 heteroatoms. The Morgan fingerprint density at radius 2 is 1.97 bits per heavy atom. The second-order valence-corrected chi connectivity index (χ2v) is 7.73. The molecule has 0 aliphatic carbocycles. The van der Waals surface area contributed by atoms with E-state index in [9.17, 15) is 18.0 Å². The van der Waals surface area contributed by atoms with Crippen LogP contribution in [0.2, 0.25) is 0 Å². The topological polar surface area (TPSA) is 59.4 Å². The number of carbonyl (C=O) groups excluding carboxylic acids is 1. The largest absolute Gasteiger partial charge is 0.416 e. The molecule has 0 bridgehead atoms. The van der Waals surface area contributed by atoms with Gasteiger partial charge in [0.2, 0.25) is 0 Å². The molecular weight excluding hydrogens is 397 g/mol. The number of aromatic nitrogens is 2. The van der Waals surface area contributed by atoms with Crippen LogP contribution < -0.4 is 5.32 Å². The van der Waals surface area contributed by atoms with Gasteiger partial charge in [-0.15, -0.1) is 0 Å². The standard InChI is InChI=1S/C21H27F3N4O2/c1-14-12-27(13-15(2)30-14)9-5-8-25-20(29)19-11-26-28(16(19)3)18-7-4-6-17(10-18)21(22,23)24/h4,6-7,10-11,14-15H,5,8-9,12-13H2,1-3H3,(H,25,29). The van der Waals surface area contributed by atoms with Gasteiger partial charge in [0, 0.05) is 26.2 Å². The predicted octanol–water partition coefficient (Wildman–Crippen LogP) is 3.43. The van der Waals surface area contributed by atoms with Crippen molar-refractivity contribution >= 4 is 5.91 Å². The first-order valence-corrected chi connectivity index (χ1v) is 10.0. The summed E-state index contributed by atoms with van der Waals surface area (Å²) >= 11 is 0. The van der Waals surface area contributed by atoms with Crippen molar-refractivity contribution in [3.8, 4) is 5.69 Å². The van der Waals surface area contributed by atoms with E-state index in [0.29, 0.717) is 17.8 Å². The third-order valence-electron chi connectivity index (χ3n) is 5.10. The van der Waals surface area contributed by atoms with Crippen LogP contribution in [-0.4, -0.2) is 59.0 Å². The van der Waals surface area contributed by atoms with E-state index in [4.69, 9.17) is 4.74 Å². The number of morpholine rings is 1. The monoisotopic (exact) mass is 424 g/mol. The molecule has 0 spiro atoms. The minimum Gasteiger partial charge on any atom is -0.373 e. The van der Waals surface area contributed by atoms with Crippen LogP contribution in [0.25, 0.3) is 5.69 Å². The van der Waals surface area contributed by atoms with Crippen LogP contribution in [0.1, 0.15) is 41.9 Å². The van der Waals surface area contributed by atoms with E-state index in [0.717, 1.165) is 38.2 Å². The number of ether oxygens (including phenoxy) is 1. The number of nitrogens with zero attached hydrogens (tertiary/aromatic N) is 3. The third-order valence-corrected chi connectivity index (χ3v) is 5.10. The molecule has 30 heavy (non-hydrogen) atoms. The number of hydrogen-bond donors (Lipinski definition) is 1. The van der Waals surface area contributed by atoms with Crippen molar-refractivity contribution in [1.82, 2.24) is 20.0 Å². The predicted molar refractivity (Wildman–Crippen MR) is 107 cm³/mol. The SMILES string of the molecule is Cc1c(C(=O)NCCCN2CC(C)OC(C)C2)cnn1-c1cccc(C(F)(F)F)c1. The molecule has 2 unspecified atom stereocenters. The number of benzene rings is 1. The fourth-order valence-corrected chi connectivity index (χ4v) is 3.77. The number of nitrogens with one attached hydrogen (secondary N) is 1. The van der Waals surface area contributed by atoms with Crippen molar-refractivity contribution in [2.45, 2.75) is 45.6 Å². The number of carbonyl (C=O) groups is 1. The van der Waals surface area contributed by atoms with E-state index in [1.807, 2.05) is 0 Å². The average Bonchev–Trinajstić information content (AvgIpc) is 3.05. The highest BCUT2D eigenvalue weighted by Gasteiger charge is 2.30. The molecule has 1 fully saturated rings. The van der Waals surface area contributed by atoms with Gasteiger partial charge in [0.15, 0.2) is 0 Å². The maximum Gasteiger partial charge on any atom is 0.416 e. The smallest absolute Gasteiger partial charge is 0.373 e. The van der Waals surface area contributed by atoms with Gasteiger partial charge in [-0.25, -0.2) is 4.68 Å². The van der Waals surface area contributed by atoms with Gasteiger partial charge in [0.25, 0.3) is 5.91 Å². The highest BCUT2D eigenvalue weighted by molar-refractivity contribution is 5.95. The zero-order chi connectivity index (χ0) is 21.9. The van der Waals surface area contributed by atoms with Gasteiger partial charge in [0.1, 0.15) is 0 Å². The van der Waals surface area contributed by atoms with Crippen LogP contribution in [0.15, 0.2) is 30.5 Å². The van der Waals surface area contributed by atoms with Gasteiger partial charge in [-0.2, -0.15) is 18.3 Å². The van der Waals surface area contributed by atoms with Crippen LogP contribution in [-0.2, 0) is 10.9 Å². The second kappa shape index (κ2) is 9.18. The Morgan fingerprint density at radius 1 is 1.27 bits per heavy atom. The van der Waals surface area contributed by atoms with E-state index in [2.05, 4.69) is 29.2 Å². The zero-order valence-electron chi connectivity index (χ0n) is 17.4. The Morgan fingerprint density at radius 3 is 2.63 bits per heavy atom. The minimum absolute atomic E-state index is 0.202. The lowest BCUT2D eigenvalue weighted by atomic mass is 10.2. The molecule has 2 atom stereocenters. The first-order chi connectivity index (χ1) is 14.1. The number of amides is 1. The van der Waals surface area contributed by atoms with Gasteiger partial charge in [-0.3, -0.25) is 9.69 Å². The zero-order valence-corrected chi connectivity index (χ0v) is 17.4. The summed E-state index contributed by atoms with van der Waals surface area (Å²) in [5.41, 5.74) is 0.341. The first-order valence-electron chi connectivity index (χ1n) is 10.0. The average molecular weight is 424 g/mol. The van der Waals surface area contributed by atoms with E-state index in [-0.39, 0.29) is 23.8 Å². The van der Waals surface area contributed by atoms with Crippen LogP contribution in [0.3, 0.4) is 0 Å². The lowest BCUT2D eigenvalue weighted by molar-refractivity contribution is -0.137. The minimum atomic E-state index is -4.44. The molecule has 1 aliphatic rings. The Balaban J connectivity index is 1.57. The summed E-state index contributed by atoms with van der Waals surface area (Å²) in [4.78, 5) is 14.8. The Kier molecular flexibility index (Phi) is 6.82. The third kappa shape index (κ3) is 5.40. The molecule has 164 valence electrons. The van der Waals surface area contributed by atoms with Crippen molar-refractivity contribution in [2.24, 2.45) is 0 Å². The summed E-state index contributed by atoms with van der Waals surface area (Å²) in [7, 11) is 0. The van der Waals surface area contributed by atoms with Crippen LogP contribution in [0.5, 0.6) is 0 Å². The fourth-order valence-electron chi connectivity index (χ4n) is 3.77. The summed E-state index contributed by atoms with van der Waals surface area (Å²) < 4.78 is 46.0. The summed E-state index contributed by atoms with van der Waals surface area (Å²) in [5.74, 6) is -0.283. The van der Waals surface area contributed by atoms with E-state index in [1.54, 1.807) is 6.92 Å². The number of halogens is 3. The van der Waals surface area contributed by atoms with Crippen molar-refractivity contribution in [2.75, 3.05) is 26.2 Å². The summed E-state index contributed by atoms with van der Waals surface area (Å²) in [6, 6.07) is 4.88. The summed E-state index contributed by atoms with van der Waals surface area (Å²) in [6.45, 7) is 8.89. The van der Waals surface area contributed by atoms with Gasteiger partial charge in [-0.05, 0) is 45.4 Å². The van der Waals surface area contributed by atoms with Crippen molar-refractivity contribution in [1.29, 1.82) is 0 Å². The normalized spacial score (nSPS) is 20.3. The van der Waals surface area contributed by atoms with Gasteiger partial charge >= 0.3 is 6.18 Å². The van der Waals surface area contributed by atoms with Gasteiger partial charge < -0.3 is 10.1 Å². The van der Waals surface area contributed by atoms with Crippen molar-refractivity contribution in [3.63, 3.8) is 0 Å². The first kappa shape index (κ1) is 22.3. The number of rotatable bonds is 6. The number of hydrogen-bond acceptors (Lipinski definition) is 4. The molecular formula is C21H27F3N4O2. The highest BCUT2D eigenvalue weighted by atomic mass is 19.4. The molecule has 1 aliphatic heterocycles. The molecule has 6 nitrogen and oxygen atoms in total. The molecule has 2 heterocycles. The quantitative estimate of drug-likeness (QED) is 0.722. The van der Waals surface area contributed by atoms with Gasteiger partial charge in [-0.1, -0.05) is 6.07 Å². The maximum absolute atomic E-state index is 13.0. The molecule has 1 aromatic heterocycles. The molecule has 1 N–H and O–H groups in total. The Hall–Kier alpha value is -2.39. The molecule has 0 saturated carbocycles.